The van der Waals surface area contributed by atoms with Crippen LogP contribution >= 0.6 is 0 Å². The smallest absolute Gasteiger partial charge is 0.225 e. The Bertz CT molecular complexity index is 532. The normalized spacial score (nSPS) is 17.6. The number of hydrogen-bond acceptors (Lipinski definition) is 5. The Morgan fingerprint density at radius 3 is 2.38 bits per heavy atom. The minimum absolute atomic E-state index is 0.187. The van der Waals surface area contributed by atoms with E-state index >= 15 is 0 Å². The van der Waals surface area contributed by atoms with Crippen LogP contribution in [0.2, 0.25) is 0 Å². The van der Waals surface area contributed by atoms with Gasteiger partial charge in [0.2, 0.25) is 11.9 Å². The molecule has 0 saturated heterocycles. The van der Waals surface area contributed by atoms with Crippen LogP contribution in [0.25, 0.3) is 0 Å². The maximum Gasteiger partial charge on any atom is 0.225 e. The summed E-state index contributed by atoms with van der Waals surface area (Å²) in [6, 6.07) is 8.24. The molecule has 80 valence electrons. The molecule has 1 heterocycles. The molecule has 0 amide bonds. The lowest BCUT2D eigenvalue weighted by atomic mass is 9.77. The molecule has 0 saturated carbocycles. The number of nitrogens with zero attached hydrogens (tertiary/aromatic N) is 3. The number of fused-ring (bicyclic) bond motifs is 1. The number of anilines is 2. The second-order valence-electron chi connectivity index (χ2n) is 3.87. The second kappa shape index (κ2) is 3.16. The largest absolute Gasteiger partial charge is 0.368 e. The van der Waals surface area contributed by atoms with Crippen LogP contribution in [0, 0.1) is 0 Å². The van der Waals surface area contributed by atoms with E-state index in [4.69, 9.17) is 11.5 Å². The highest BCUT2D eigenvalue weighted by atomic mass is 15.1. The van der Waals surface area contributed by atoms with Crippen molar-refractivity contribution >= 4 is 11.9 Å². The third-order valence-electron chi connectivity index (χ3n) is 2.85. The number of benzene rings is 1. The first kappa shape index (κ1) is 9.08. The summed E-state index contributed by atoms with van der Waals surface area (Å²) in [5, 5.41) is 0. The average molecular weight is 213 g/mol. The van der Waals surface area contributed by atoms with Gasteiger partial charge in [0, 0.05) is 5.92 Å². The summed E-state index contributed by atoms with van der Waals surface area (Å²) in [5.41, 5.74) is 13.7. The van der Waals surface area contributed by atoms with E-state index in [-0.39, 0.29) is 17.8 Å². The first-order valence-electron chi connectivity index (χ1n) is 5.09. The zero-order chi connectivity index (χ0) is 11.1. The molecular formula is C11H11N5. The van der Waals surface area contributed by atoms with Gasteiger partial charge in [-0.25, -0.2) is 0 Å². The van der Waals surface area contributed by atoms with E-state index in [1.165, 1.54) is 11.1 Å². The summed E-state index contributed by atoms with van der Waals surface area (Å²) < 4.78 is 0. The molecule has 4 N–H and O–H groups in total. The van der Waals surface area contributed by atoms with Gasteiger partial charge in [-0.3, -0.25) is 0 Å². The van der Waals surface area contributed by atoms with Crippen molar-refractivity contribution < 1.29 is 0 Å². The first-order valence-corrected chi connectivity index (χ1v) is 5.09. The summed E-state index contributed by atoms with van der Waals surface area (Å²) in [6.07, 6.45) is 0.944. The van der Waals surface area contributed by atoms with Crippen molar-refractivity contribution in [3.05, 3.63) is 41.2 Å². The van der Waals surface area contributed by atoms with Crippen LogP contribution in [-0.4, -0.2) is 15.0 Å². The summed E-state index contributed by atoms with van der Waals surface area (Å²) in [7, 11) is 0. The van der Waals surface area contributed by atoms with Gasteiger partial charge in [-0.05, 0) is 17.5 Å². The monoisotopic (exact) mass is 213 g/mol. The second-order valence-corrected chi connectivity index (χ2v) is 3.87. The Morgan fingerprint density at radius 2 is 1.69 bits per heavy atom. The van der Waals surface area contributed by atoms with Gasteiger partial charge < -0.3 is 11.5 Å². The summed E-state index contributed by atoms with van der Waals surface area (Å²) in [6.45, 7) is 0. The summed E-state index contributed by atoms with van der Waals surface area (Å²) in [5.74, 6) is 1.26. The maximum absolute atomic E-state index is 5.55. The maximum atomic E-state index is 5.55. The molecule has 1 atom stereocenters. The molecule has 0 spiro atoms. The van der Waals surface area contributed by atoms with Crippen molar-refractivity contribution in [3.8, 4) is 0 Å². The van der Waals surface area contributed by atoms with Crippen molar-refractivity contribution in [1.82, 2.24) is 15.0 Å². The Morgan fingerprint density at radius 1 is 1.00 bits per heavy atom. The molecular weight excluding hydrogens is 202 g/mol. The van der Waals surface area contributed by atoms with E-state index in [0.29, 0.717) is 5.82 Å². The Kier molecular flexibility index (Phi) is 1.80. The molecule has 5 nitrogen and oxygen atoms in total. The van der Waals surface area contributed by atoms with Gasteiger partial charge in [-0.15, -0.1) is 0 Å². The number of hydrogen-bond donors (Lipinski definition) is 2. The number of rotatable bonds is 1. The molecule has 1 aliphatic carbocycles. The molecule has 0 bridgehead atoms. The Labute approximate surface area is 92.6 Å². The summed E-state index contributed by atoms with van der Waals surface area (Å²) in [4.78, 5) is 12.0. The highest BCUT2D eigenvalue weighted by Crippen LogP contribution is 2.38. The minimum atomic E-state index is 0.187. The third-order valence-corrected chi connectivity index (χ3v) is 2.85. The quantitative estimate of drug-likeness (QED) is 0.728. The average Bonchev–Trinajstić information content (AvgIpc) is 2.18. The van der Waals surface area contributed by atoms with Crippen LogP contribution in [-0.2, 0) is 6.42 Å². The summed E-state index contributed by atoms with van der Waals surface area (Å²) >= 11 is 0. The fourth-order valence-electron chi connectivity index (χ4n) is 2.07. The molecule has 3 rings (SSSR count). The molecule has 1 aliphatic rings. The van der Waals surface area contributed by atoms with Crippen LogP contribution in [0.5, 0.6) is 0 Å². The van der Waals surface area contributed by atoms with Crippen LogP contribution in [0.1, 0.15) is 22.9 Å². The topological polar surface area (TPSA) is 90.7 Å². The van der Waals surface area contributed by atoms with Gasteiger partial charge in [-0.2, -0.15) is 15.0 Å². The highest BCUT2D eigenvalue weighted by Gasteiger charge is 2.29. The number of nitrogens with two attached hydrogens (primary N) is 2. The van der Waals surface area contributed by atoms with E-state index < -0.39 is 0 Å². The molecule has 5 heteroatoms. The van der Waals surface area contributed by atoms with E-state index in [1.807, 2.05) is 12.1 Å². The lowest BCUT2D eigenvalue weighted by Crippen LogP contribution is -2.21. The van der Waals surface area contributed by atoms with Crippen molar-refractivity contribution in [2.24, 2.45) is 0 Å². The van der Waals surface area contributed by atoms with Crippen molar-refractivity contribution in [1.29, 1.82) is 0 Å². The number of nitrogen functional groups attached to an aromatic ring is 2. The molecule has 1 aromatic heterocycles. The van der Waals surface area contributed by atoms with E-state index in [9.17, 15) is 0 Å². The molecule has 0 radical (unpaired) electrons. The SMILES string of the molecule is Nc1nc(N)nc(C2Cc3ccccc32)n1. The van der Waals surface area contributed by atoms with Gasteiger partial charge in [0.1, 0.15) is 5.82 Å². The standard InChI is InChI=1S/C11H11N5/c12-10-14-9(15-11(13)16-10)8-5-6-3-1-2-4-7(6)8/h1-4,8H,5H2,(H4,12,13,14,15,16). The van der Waals surface area contributed by atoms with Crippen LogP contribution in [0.4, 0.5) is 11.9 Å². The van der Waals surface area contributed by atoms with Crippen molar-refractivity contribution in [2.45, 2.75) is 12.3 Å². The van der Waals surface area contributed by atoms with Gasteiger partial charge in [-0.1, -0.05) is 24.3 Å². The van der Waals surface area contributed by atoms with Crippen LogP contribution in [0.15, 0.2) is 24.3 Å². The zero-order valence-electron chi connectivity index (χ0n) is 8.59. The Balaban J connectivity index is 2.02. The predicted molar refractivity (Wildman–Crippen MR) is 60.6 cm³/mol. The fourth-order valence-corrected chi connectivity index (χ4v) is 2.07. The van der Waals surface area contributed by atoms with E-state index in [2.05, 4.69) is 27.1 Å². The van der Waals surface area contributed by atoms with E-state index in [1.54, 1.807) is 0 Å². The van der Waals surface area contributed by atoms with Gasteiger partial charge in [0.25, 0.3) is 0 Å². The lowest BCUT2D eigenvalue weighted by Gasteiger charge is -2.28. The van der Waals surface area contributed by atoms with Crippen molar-refractivity contribution in [2.75, 3.05) is 11.5 Å². The molecule has 2 aromatic rings. The molecule has 16 heavy (non-hydrogen) atoms. The molecule has 1 aromatic carbocycles. The minimum Gasteiger partial charge on any atom is -0.368 e. The van der Waals surface area contributed by atoms with Gasteiger partial charge in [0.05, 0.1) is 0 Å². The molecule has 0 aliphatic heterocycles. The lowest BCUT2D eigenvalue weighted by molar-refractivity contribution is 0.658. The van der Waals surface area contributed by atoms with Crippen LogP contribution < -0.4 is 11.5 Å². The first-order chi connectivity index (χ1) is 7.74. The van der Waals surface area contributed by atoms with Crippen LogP contribution in [0.3, 0.4) is 0 Å². The highest BCUT2D eigenvalue weighted by molar-refractivity contribution is 5.45. The molecule has 0 fully saturated rings. The Hall–Kier alpha value is -2.17. The number of aromatic nitrogens is 3. The fraction of sp³-hybridized carbons (Fsp3) is 0.182. The van der Waals surface area contributed by atoms with Gasteiger partial charge >= 0.3 is 0 Å². The third kappa shape index (κ3) is 1.29. The predicted octanol–water partition coefficient (Wildman–Crippen LogP) is 0.724. The van der Waals surface area contributed by atoms with Crippen molar-refractivity contribution in [3.63, 3.8) is 0 Å². The van der Waals surface area contributed by atoms with Gasteiger partial charge in [0.15, 0.2) is 0 Å². The van der Waals surface area contributed by atoms with E-state index in [0.717, 1.165) is 6.42 Å². The zero-order valence-corrected chi connectivity index (χ0v) is 8.59. The molecule has 1 unspecified atom stereocenters.